The minimum Gasteiger partial charge on any atom is -0.382 e. The molecule has 0 amide bonds. The highest BCUT2D eigenvalue weighted by Gasteiger charge is 2.06. The Hall–Kier alpha value is -0.970. The number of hydrogen-bond acceptors (Lipinski definition) is 3. The van der Waals surface area contributed by atoms with Gasteiger partial charge in [0.1, 0.15) is 5.44 Å². The summed E-state index contributed by atoms with van der Waals surface area (Å²) < 4.78 is 1.95. The monoisotopic (exact) mass is 268 g/mol. The smallest absolute Gasteiger partial charge is 0.105 e. The highest BCUT2D eigenvalue weighted by Crippen LogP contribution is 2.25. The topological polar surface area (TPSA) is 38.0 Å². The number of rotatable bonds is 5. The van der Waals surface area contributed by atoms with Crippen LogP contribution in [0.1, 0.15) is 6.42 Å². The molecule has 5 heteroatoms. The fraction of sp³-hybridized carbons (Fsp3) is 0.250. The lowest BCUT2D eigenvalue weighted by atomic mass is 10.4. The molecule has 0 fully saturated rings. The van der Waals surface area contributed by atoms with E-state index in [2.05, 4.69) is 4.98 Å². The molecular weight excluding hydrogens is 256 g/mol. The molecule has 0 radical (unpaired) electrons. The Balaban J connectivity index is 1.80. The number of aliphatic hydroxyl groups excluding tert-OH is 1. The minimum atomic E-state index is -0.418. The maximum Gasteiger partial charge on any atom is 0.105 e. The SMILES string of the molecule is OC(CCn1ccnc1)Sc1ccc(Cl)cc1. The van der Waals surface area contributed by atoms with Gasteiger partial charge < -0.3 is 9.67 Å². The van der Waals surface area contributed by atoms with E-state index < -0.39 is 5.44 Å². The Kier molecular flexibility index (Phi) is 4.48. The second-order valence-corrected chi connectivity index (χ2v) is 5.30. The summed E-state index contributed by atoms with van der Waals surface area (Å²) in [7, 11) is 0. The van der Waals surface area contributed by atoms with Crippen LogP contribution in [0.15, 0.2) is 47.9 Å². The first-order chi connectivity index (χ1) is 8.24. The van der Waals surface area contributed by atoms with Gasteiger partial charge in [0.05, 0.1) is 6.33 Å². The molecule has 1 aromatic heterocycles. The number of halogens is 1. The third-order valence-corrected chi connectivity index (χ3v) is 3.58. The third kappa shape index (κ3) is 4.07. The molecule has 1 aromatic carbocycles. The molecule has 1 atom stereocenters. The van der Waals surface area contributed by atoms with Crippen LogP contribution < -0.4 is 0 Å². The quantitative estimate of drug-likeness (QED) is 0.669. The Labute approximate surface area is 109 Å². The molecule has 2 aromatic rings. The minimum absolute atomic E-state index is 0.418. The van der Waals surface area contributed by atoms with Crippen molar-refractivity contribution in [2.75, 3.05) is 0 Å². The van der Waals surface area contributed by atoms with Gasteiger partial charge in [-0.15, -0.1) is 0 Å². The van der Waals surface area contributed by atoms with Gasteiger partial charge in [-0.3, -0.25) is 0 Å². The first kappa shape index (κ1) is 12.5. The van der Waals surface area contributed by atoms with Crippen LogP contribution in [-0.2, 0) is 6.54 Å². The summed E-state index contributed by atoms with van der Waals surface area (Å²) in [6, 6.07) is 7.47. The second kappa shape index (κ2) is 6.10. The maximum absolute atomic E-state index is 9.87. The zero-order chi connectivity index (χ0) is 12.1. The molecular formula is C12H13ClN2OS. The lowest BCUT2D eigenvalue weighted by Gasteiger charge is -2.10. The van der Waals surface area contributed by atoms with Gasteiger partial charge in [-0.25, -0.2) is 4.98 Å². The Morgan fingerprint density at radius 1 is 1.35 bits per heavy atom. The van der Waals surface area contributed by atoms with Gasteiger partial charge in [-0.1, -0.05) is 23.4 Å². The largest absolute Gasteiger partial charge is 0.382 e. The summed E-state index contributed by atoms with van der Waals surface area (Å²) in [5, 5.41) is 10.6. The normalized spacial score (nSPS) is 12.6. The van der Waals surface area contributed by atoms with Gasteiger partial charge in [0.15, 0.2) is 0 Å². The molecule has 90 valence electrons. The number of aryl methyl sites for hydroxylation is 1. The summed E-state index contributed by atoms with van der Waals surface area (Å²) in [4.78, 5) is 4.97. The molecule has 0 spiro atoms. The summed E-state index contributed by atoms with van der Waals surface area (Å²) >= 11 is 7.23. The average Bonchev–Trinajstić information content (AvgIpc) is 2.83. The van der Waals surface area contributed by atoms with E-state index in [1.165, 1.54) is 11.8 Å². The van der Waals surface area contributed by atoms with E-state index in [1.54, 1.807) is 12.5 Å². The van der Waals surface area contributed by atoms with Gasteiger partial charge >= 0.3 is 0 Å². The molecule has 3 nitrogen and oxygen atoms in total. The zero-order valence-electron chi connectivity index (χ0n) is 9.16. The number of nitrogens with zero attached hydrogens (tertiary/aromatic N) is 2. The van der Waals surface area contributed by atoms with Crippen LogP contribution >= 0.6 is 23.4 Å². The second-order valence-electron chi connectivity index (χ2n) is 3.62. The third-order valence-electron chi connectivity index (χ3n) is 2.28. The predicted octanol–water partition coefficient (Wildman–Crippen LogP) is 3.04. The van der Waals surface area contributed by atoms with Gasteiger partial charge in [-0.05, 0) is 24.3 Å². The van der Waals surface area contributed by atoms with Crippen LogP contribution in [0, 0.1) is 0 Å². The Morgan fingerprint density at radius 2 is 2.12 bits per heavy atom. The van der Waals surface area contributed by atoms with Gasteiger partial charge in [0.25, 0.3) is 0 Å². The first-order valence-electron chi connectivity index (χ1n) is 5.30. The van der Waals surface area contributed by atoms with Crippen molar-refractivity contribution in [3.8, 4) is 0 Å². The van der Waals surface area contributed by atoms with Crippen LogP contribution in [0.5, 0.6) is 0 Å². The number of hydrogen-bond donors (Lipinski definition) is 1. The van der Waals surface area contributed by atoms with Crippen molar-refractivity contribution in [3.05, 3.63) is 48.0 Å². The molecule has 2 rings (SSSR count). The van der Waals surface area contributed by atoms with E-state index >= 15 is 0 Å². The Bertz CT molecular complexity index is 444. The van der Waals surface area contributed by atoms with Crippen LogP contribution in [0.2, 0.25) is 5.02 Å². The number of aromatic nitrogens is 2. The van der Waals surface area contributed by atoms with E-state index in [-0.39, 0.29) is 0 Å². The first-order valence-corrected chi connectivity index (χ1v) is 6.56. The van der Waals surface area contributed by atoms with Crippen molar-refractivity contribution in [2.45, 2.75) is 23.3 Å². The van der Waals surface area contributed by atoms with Crippen molar-refractivity contribution in [1.29, 1.82) is 0 Å². The van der Waals surface area contributed by atoms with Crippen molar-refractivity contribution < 1.29 is 5.11 Å². The van der Waals surface area contributed by atoms with Gasteiger partial charge in [0.2, 0.25) is 0 Å². The van der Waals surface area contributed by atoms with Crippen LogP contribution in [0.3, 0.4) is 0 Å². The van der Waals surface area contributed by atoms with Crippen LogP contribution in [0.4, 0.5) is 0 Å². The van der Waals surface area contributed by atoms with Crippen molar-refractivity contribution in [2.24, 2.45) is 0 Å². The van der Waals surface area contributed by atoms with E-state index in [4.69, 9.17) is 11.6 Å². The number of aliphatic hydroxyl groups is 1. The van der Waals surface area contributed by atoms with Gasteiger partial charge in [-0.2, -0.15) is 0 Å². The molecule has 1 unspecified atom stereocenters. The molecule has 0 aliphatic carbocycles. The molecule has 0 aliphatic heterocycles. The zero-order valence-corrected chi connectivity index (χ0v) is 10.7. The lowest BCUT2D eigenvalue weighted by molar-refractivity contribution is 0.245. The predicted molar refractivity (Wildman–Crippen MR) is 70.2 cm³/mol. The molecule has 1 heterocycles. The average molecular weight is 269 g/mol. The number of imidazole rings is 1. The molecule has 0 saturated carbocycles. The fourth-order valence-electron chi connectivity index (χ4n) is 1.41. The van der Waals surface area contributed by atoms with E-state index in [0.717, 1.165) is 11.4 Å². The summed E-state index contributed by atoms with van der Waals surface area (Å²) in [5.41, 5.74) is -0.418. The van der Waals surface area contributed by atoms with Crippen LogP contribution in [0.25, 0.3) is 0 Å². The highest BCUT2D eigenvalue weighted by atomic mass is 35.5. The van der Waals surface area contributed by atoms with Crippen LogP contribution in [-0.4, -0.2) is 20.1 Å². The fourth-order valence-corrected chi connectivity index (χ4v) is 2.36. The van der Waals surface area contributed by atoms with E-state index in [9.17, 15) is 5.11 Å². The number of thioether (sulfide) groups is 1. The standard InChI is InChI=1S/C12H13ClN2OS/c13-10-1-3-11(4-2-10)17-12(16)5-7-15-8-6-14-9-15/h1-4,6,8-9,12,16H,5,7H2. The molecule has 17 heavy (non-hydrogen) atoms. The lowest BCUT2D eigenvalue weighted by Crippen LogP contribution is -2.06. The molecule has 0 aliphatic rings. The molecule has 0 saturated heterocycles. The van der Waals surface area contributed by atoms with Crippen molar-refractivity contribution in [1.82, 2.24) is 9.55 Å². The van der Waals surface area contributed by atoms with Gasteiger partial charge in [0, 0.05) is 35.3 Å². The maximum atomic E-state index is 9.87. The Morgan fingerprint density at radius 3 is 2.76 bits per heavy atom. The van der Waals surface area contributed by atoms with E-state index in [1.807, 2.05) is 35.0 Å². The summed E-state index contributed by atoms with van der Waals surface area (Å²) in [6.07, 6.45) is 6.06. The molecule has 0 bridgehead atoms. The van der Waals surface area contributed by atoms with Crippen molar-refractivity contribution in [3.63, 3.8) is 0 Å². The highest BCUT2D eigenvalue weighted by molar-refractivity contribution is 7.99. The molecule has 1 N–H and O–H groups in total. The van der Waals surface area contributed by atoms with E-state index in [0.29, 0.717) is 11.4 Å². The summed E-state index contributed by atoms with van der Waals surface area (Å²) in [6.45, 7) is 0.766. The summed E-state index contributed by atoms with van der Waals surface area (Å²) in [5.74, 6) is 0. The number of benzene rings is 1. The van der Waals surface area contributed by atoms with Crippen molar-refractivity contribution >= 4 is 23.4 Å².